The number of oxime groups is 1. The minimum atomic E-state index is -1.42. The molecule has 0 aliphatic carbocycles. The Hall–Kier alpha value is -1.59. The first-order valence-corrected chi connectivity index (χ1v) is 3.55. The second-order valence-corrected chi connectivity index (χ2v) is 2.57. The monoisotopic (exact) mass is 189 g/mol. The maximum Gasteiger partial charge on any atom is 0.348 e. The van der Waals surface area contributed by atoms with E-state index in [0.717, 1.165) is 0 Å². The molecular weight excluding hydrogens is 178 g/mol. The highest BCUT2D eigenvalue weighted by molar-refractivity contribution is 5.80. The van der Waals surface area contributed by atoms with E-state index in [2.05, 4.69) is 9.99 Å². The summed E-state index contributed by atoms with van der Waals surface area (Å²) in [5, 5.41) is 20.2. The fourth-order valence-corrected chi connectivity index (χ4v) is 0.497. The molecule has 0 aromatic heterocycles. The first-order valence-electron chi connectivity index (χ1n) is 3.55. The molecule has 0 spiro atoms. The Morgan fingerprint density at radius 3 is 2.23 bits per heavy atom. The molecule has 74 valence electrons. The van der Waals surface area contributed by atoms with Gasteiger partial charge in [0.15, 0.2) is 0 Å². The zero-order chi connectivity index (χ0) is 10.4. The van der Waals surface area contributed by atoms with Crippen LogP contribution >= 0.6 is 0 Å². The lowest BCUT2D eigenvalue weighted by Gasteiger charge is -2.07. The summed E-state index contributed by atoms with van der Waals surface area (Å²) in [6, 6.07) is 0. The van der Waals surface area contributed by atoms with E-state index in [0.29, 0.717) is 5.71 Å². The van der Waals surface area contributed by atoms with Gasteiger partial charge in [0.2, 0.25) is 6.10 Å². The van der Waals surface area contributed by atoms with Crippen LogP contribution < -0.4 is 0 Å². The minimum absolute atomic E-state index is 0.525. The summed E-state index contributed by atoms with van der Waals surface area (Å²) in [7, 11) is 0. The van der Waals surface area contributed by atoms with Gasteiger partial charge >= 0.3 is 11.9 Å². The zero-order valence-electron chi connectivity index (χ0n) is 7.35. The van der Waals surface area contributed by atoms with Gasteiger partial charge in [0, 0.05) is 0 Å². The van der Waals surface area contributed by atoms with Gasteiger partial charge in [0.25, 0.3) is 0 Å². The van der Waals surface area contributed by atoms with Gasteiger partial charge in [-0.3, -0.25) is 4.79 Å². The molecule has 0 saturated carbocycles. The van der Waals surface area contributed by atoms with Gasteiger partial charge < -0.3 is 15.1 Å². The molecule has 0 heterocycles. The molecule has 0 bridgehead atoms. The second kappa shape index (κ2) is 5.13. The van der Waals surface area contributed by atoms with E-state index in [1.807, 2.05) is 0 Å². The molecule has 0 fully saturated rings. The summed E-state index contributed by atoms with van der Waals surface area (Å²) >= 11 is 0. The lowest BCUT2D eigenvalue weighted by Crippen LogP contribution is -2.25. The molecule has 0 aromatic rings. The number of hydrogen-bond acceptors (Lipinski definition) is 4. The van der Waals surface area contributed by atoms with Crippen LogP contribution in [0.3, 0.4) is 0 Å². The van der Waals surface area contributed by atoms with Crippen LogP contribution in [0.1, 0.15) is 20.3 Å². The van der Waals surface area contributed by atoms with E-state index in [9.17, 15) is 9.59 Å². The number of hydrogen-bond donors (Lipinski definition) is 2. The molecule has 13 heavy (non-hydrogen) atoms. The molecule has 0 aliphatic heterocycles. The summed E-state index contributed by atoms with van der Waals surface area (Å²) in [4.78, 5) is 25.0. The van der Waals surface area contributed by atoms with Crippen LogP contribution in [0.2, 0.25) is 0 Å². The third-order valence-corrected chi connectivity index (χ3v) is 0.998. The van der Waals surface area contributed by atoms with Gasteiger partial charge in [-0.15, -0.1) is 0 Å². The average Bonchev–Trinajstić information content (AvgIpc) is 1.96. The molecule has 0 aromatic carbocycles. The van der Waals surface area contributed by atoms with Crippen LogP contribution in [0, 0.1) is 0 Å². The fraction of sp³-hybridized carbons (Fsp3) is 0.571. The predicted molar refractivity (Wildman–Crippen MR) is 43.5 cm³/mol. The number of nitrogens with zero attached hydrogens (tertiary/aromatic N) is 1. The molecule has 1 atom stereocenters. The highest BCUT2D eigenvalue weighted by Crippen LogP contribution is 2.00. The van der Waals surface area contributed by atoms with E-state index < -0.39 is 24.5 Å². The van der Waals surface area contributed by atoms with Crippen molar-refractivity contribution in [3.05, 3.63) is 0 Å². The molecule has 2 N–H and O–H groups in total. The summed E-state index contributed by atoms with van der Waals surface area (Å²) < 4.78 is 0. The topological polar surface area (TPSA) is 96.2 Å². The van der Waals surface area contributed by atoms with Crippen LogP contribution in [-0.4, -0.2) is 34.0 Å². The fourth-order valence-electron chi connectivity index (χ4n) is 0.497. The van der Waals surface area contributed by atoms with Gasteiger partial charge in [0.1, 0.15) is 0 Å². The van der Waals surface area contributed by atoms with Crippen LogP contribution in [0.15, 0.2) is 5.16 Å². The number of rotatable bonds is 5. The van der Waals surface area contributed by atoms with E-state index in [-0.39, 0.29) is 0 Å². The largest absolute Gasteiger partial charge is 0.481 e. The first kappa shape index (κ1) is 11.4. The molecule has 1 unspecified atom stereocenters. The number of aliphatic carboxylic acids is 2. The van der Waals surface area contributed by atoms with Crippen molar-refractivity contribution in [1.82, 2.24) is 0 Å². The normalized spacial score (nSPS) is 11.5. The maximum absolute atomic E-state index is 10.4. The van der Waals surface area contributed by atoms with Crippen molar-refractivity contribution < 1.29 is 24.6 Å². The Labute approximate surface area is 74.8 Å². The molecule has 0 aliphatic rings. The quantitative estimate of drug-likeness (QED) is 0.479. The Balaban J connectivity index is 4.19. The molecule has 6 nitrogen and oxygen atoms in total. The Bertz CT molecular complexity index is 231. The third-order valence-electron chi connectivity index (χ3n) is 0.998. The Kier molecular flexibility index (Phi) is 4.50. The van der Waals surface area contributed by atoms with Crippen LogP contribution in [0.4, 0.5) is 0 Å². The lowest BCUT2D eigenvalue weighted by atomic mass is 10.2. The van der Waals surface area contributed by atoms with Crippen LogP contribution in [0.25, 0.3) is 0 Å². The van der Waals surface area contributed by atoms with E-state index in [1.54, 1.807) is 13.8 Å². The molecule has 0 radical (unpaired) electrons. The molecular formula is C7H11NO5. The Morgan fingerprint density at radius 2 is 1.92 bits per heavy atom. The lowest BCUT2D eigenvalue weighted by molar-refractivity contribution is -0.156. The second-order valence-electron chi connectivity index (χ2n) is 2.57. The highest BCUT2D eigenvalue weighted by atomic mass is 16.6. The number of carbonyl (C=O) groups is 2. The molecule has 0 saturated heterocycles. The molecule has 6 heteroatoms. The van der Waals surface area contributed by atoms with Crippen LogP contribution in [-0.2, 0) is 14.4 Å². The number of carboxylic acid groups (broad SMARTS) is 2. The average molecular weight is 189 g/mol. The van der Waals surface area contributed by atoms with Gasteiger partial charge in [-0.05, 0) is 13.8 Å². The summed E-state index contributed by atoms with van der Waals surface area (Å²) in [5.74, 6) is -2.58. The first-order chi connectivity index (χ1) is 5.93. The maximum atomic E-state index is 10.4. The standard InChI is InChI=1S/C7H11NO5/c1-4(2)8-13-5(7(11)12)3-6(9)10/h5H,3H2,1-2H3,(H,9,10)(H,11,12). The van der Waals surface area contributed by atoms with Crippen molar-refractivity contribution >= 4 is 17.7 Å². The van der Waals surface area contributed by atoms with Gasteiger partial charge in [-0.1, -0.05) is 5.16 Å². The number of carboxylic acids is 2. The summed E-state index contributed by atoms with van der Waals surface area (Å²) in [6.07, 6.45) is -2.03. The van der Waals surface area contributed by atoms with Gasteiger partial charge in [-0.2, -0.15) is 0 Å². The molecule has 0 rings (SSSR count). The van der Waals surface area contributed by atoms with Gasteiger partial charge in [0.05, 0.1) is 12.1 Å². The molecule has 0 amide bonds. The summed E-state index contributed by atoms with van der Waals surface area (Å²) in [6.45, 7) is 3.22. The SMILES string of the molecule is CC(C)=NOC(CC(=O)O)C(=O)O. The zero-order valence-corrected chi connectivity index (χ0v) is 7.35. The van der Waals surface area contributed by atoms with E-state index in [4.69, 9.17) is 10.2 Å². The van der Waals surface area contributed by atoms with Crippen molar-refractivity contribution in [2.45, 2.75) is 26.4 Å². The van der Waals surface area contributed by atoms with E-state index >= 15 is 0 Å². The van der Waals surface area contributed by atoms with Crippen molar-refractivity contribution in [3.63, 3.8) is 0 Å². The minimum Gasteiger partial charge on any atom is -0.481 e. The van der Waals surface area contributed by atoms with Crippen molar-refractivity contribution in [3.8, 4) is 0 Å². The van der Waals surface area contributed by atoms with Gasteiger partial charge in [-0.25, -0.2) is 4.79 Å². The third kappa shape index (κ3) is 5.66. The van der Waals surface area contributed by atoms with Crippen molar-refractivity contribution in [1.29, 1.82) is 0 Å². The summed E-state index contributed by atoms with van der Waals surface area (Å²) in [5.41, 5.74) is 0.525. The van der Waals surface area contributed by atoms with Crippen molar-refractivity contribution in [2.75, 3.05) is 0 Å². The van der Waals surface area contributed by atoms with Crippen molar-refractivity contribution in [2.24, 2.45) is 5.16 Å². The smallest absolute Gasteiger partial charge is 0.348 e. The van der Waals surface area contributed by atoms with E-state index in [1.165, 1.54) is 0 Å². The predicted octanol–water partition coefficient (Wildman–Crippen LogP) is 0.327. The van der Waals surface area contributed by atoms with Crippen LogP contribution in [0.5, 0.6) is 0 Å². The Morgan fingerprint density at radius 1 is 1.38 bits per heavy atom. The highest BCUT2D eigenvalue weighted by Gasteiger charge is 2.22.